The van der Waals surface area contributed by atoms with Gasteiger partial charge in [0.25, 0.3) is 11.5 Å². The fourth-order valence-corrected chi connectivity index (χ4v) is 3.13. The number of alkyl halides is 3. The Bertz CT molecular complexity index is 1390. The van der Waals surface area contributed by atoms with Gasteiger partial charge in [-0.25, -0.2) is 4.39 Å². The highest BCUT2D eigenvalue weighted by Gasteiger charge is 2.32. The van der Waals surface area contributed by atoms with Gasteiger partial charge in [-0.3, -0.25) is 19.8 Å². The average Bonchev–Trinajstić information content (AvgIpc) is 3.09. The third-order valence-corrected chi connectivity index (χ3v) is 4.74. The fraction of sp³-hybridized carbons (Fsp3) is 0.0909. The molecule has 10 heteroatoms. The summed E-state index contributed by atoms with van der Waals surface area (Å²) >= 11 is 0. The summed E-state index contributed by atoms with van der Waals surface area (Å²) in [6.07, 6.45) is -4.66. The number of ether oxygens (including phenoxy) is 1. The maximum atomic E-state index is 13.4. The summed E-state index contributed by atoms with van der Waals surface area (Å²) in [4.78, 5) is 24.6. The van der Waals surface area contributed by atoms with Crippen LogP contribution in [-0.4, -0.2) is 16.1 Å². The van der Waals surface area contributed by atoms with E-state index in [0.717, 1.165) is 24.3 Å². The van der Waals surface area contributed by atoms with Crippen LogP contribution in [0.5, 0.6) is 11.5 Å². The number of amides is 1. The quantitative estimate of drug-likeness (QED) is 0.369. The maximum absolute atomic E-state index is 13.4. The van der Waals surface area contributed by atoms with E-state index < -0.39 is 23.5 Å². The summed E-state index contributed by atoms with van der Waals surface area (Å²) in [7, 11) is 0. The normalized spacial score (nSPS) is 11.5. The van der Waals surface area contributed by atoms with Crippen molar-refractivity contribution >= 4 is 22.5 Å². The Balaban J connectivity index is 1.71. The molecule has 164 valence electrons. The zero-order valence-electron chi connectivity index (χ0n) is 16.4. The van der Waals surface area contributed by atoms with E-state index in [2.05, 4.69) is 15.5 Å². The van der Waals surface area contributed by atoms with Gasteiger partial charge in [-0.05, 0) is 67.1 Å². The van der Waals surface area contributed by atoms with Crippen LogP contribution in [0.25, 0.3) is 10.9 Å². The maximum Gasteiger partial charge on any atom is 0.416 e. The van der Waals surface area contributed by atoms with Crippen molar-refractivity contribution in [3.05, 3.63) is 87.5 Å². The van der Waals surface area contributed by atoms with Crippen LogP contribution in [0.15, 0.2) is 59.4 Å². The van der Waals surface area contributed by atoms with Crippen LogP contribution in [0.2, 0.25) is 0 Å². The Morgan fingerprint density at radius 3 is 2.47 bits per heavy atom. The number of carbonyl (C=O) groups excluding carboxylic acids is 1. The first-order chi connectivity index (χ1) is 15.1. The highest BCUT2D eigenvalue weighted by molar-refractivity contribution is 6.07. The van der Waals surface area contributed by atoms with Crippen LogP contribution in [0.1, 0.15) is 21.5 Å². The molecule has 0 radical (unpaired) electrons. The summed E-state index contributed by atoms with van der Waals surface area (Å²) in [5, 5.41) is 7.92. The van der Waals surface area contributed by atoms with Crippen LogP contribution in [0.3, 0.4) is 0 Å². The smallest absolute Gasteiger partial charge is 0.416 e. The van der Waals surface area contributed by atoms with Crippen molar-refractivity contribution in [1.29, 1.82) is 0 Å². The molecule has 0 spiro atoms. The lowest BCUT2D eigenvalue weighted by Crippen LogP contribution is -2.14. The Morgan fingerprint density at radius 1 is 0.969 bits per heavy atom. The molecule has 4 rings (SSSR count). The number of hydrogen-bond donors (Lipinski definition) is 3. The van der Waals surface area contributed by atoms with E-state index in [0.29, 0.717) is 22.5 Å². The zero-order chi connectivity index (χ0) is 23.0. The summed E-state index contributed by atoms with van der Waals surface area (Å²) in [6, 6.07) is 10.5. The third-order valence-electron chi connectivity index (χ3n) is 4.74. The molecule has 1 heterocycles. The molecule has 3 aromatic carbocycles. The summed E-state index contributed by atoms with van der Waals surface area (Å²) in [5.41, 5.74) is -0.448. The number of hydrogen-bond acceptors (Lipinski definition) is 3. The molecule has 32 heavy (non-hydrogen) atoms. The molecule has 0 unspecified atom stereocenters. The summed E-state index contributed by atoms with van der Waals surface area (Å²) < 4.78 is 58.7. The van der Waals surface area contributed by atoms with Gasteiger partial charge in [0.15, 0.2) is 0 Å². The number of benzene rings is 3. The lowest BCUT2D eigenvalue weighted by molar-refractivity contribution is -0.137. The van der Waals surface area contributed by atoms with Crippen molar-refractivity contribution in [1.82, 2.24) is 10.2 Å². The zero-order valence-corrected chi connectivity index (χ0v) is 16.4. The van der Waals surface area contributed by atoms with Crippen LogP contribution >= 0.6 is 0 Å². The van der Waals surface area contributed by atoms with E-state index in [1.165, 1.54) is 25.1 Å². The van der Waals surface area contributed by atoms with E-state index in [-0.39, 0.29) is 28.3 Å². The molecular formula is C22H15F4N3O3. The molecule has 0 saturated carbocycles. The minimum absolute atomic E-state index is 0.0973. The molecule has 4 aromatic rings. The molecule has 0 aliphatic heterocycles. The lowest BCUT2D eigenvalue weighted by Gasteiger charge is -2.16. The average molecular weight is 445 g/mol. The number of anilines is 1. The highest BCUT2D eigenvalue weighted by Crippen LogP contribution is 2.36. The van der Waals surface area contributed by atoms with Gasteiger partial charge in [0, 0.05) is 5.69 Å². The number of fused-ring (bicyclic) bond motifs is 1. The first kappa shape index (κ1) is 21.2. The van der Waals surface area contributed by atoms with E-state index in [4.69, 9.17) is 4.74 Å². The molecule has 0 aliphatic rings. The first-order valence-corrected chi connectivity index (χ1v) is 9.29. The molecule has 6 nitrogen and oxygen atoms in total. The van der Waals surface area contributed by atoms with Gasteiger partial charge in [0.05, 0.1) is 22.0 Å². The van der Waals surface area contributed by atoms with Crippen molar-refractivity contribution in [3.63, 3.8) is 0 Å². The van der Waals surface area contributed by atoms with Crippen molar-refractivity contribution in [2.75, 3.05) is 5.32 Å². The predicted molar refractivity (Wildman–Crippen MR) is 110 cm³/mol. The SMILES string of the molecule is Cc1cc(F)ccc1Oc1cc(C(F)(F)F)ccc1C(=O)Nc1ccc2[nH][nH]c(=O)c2c1. The van der Waals surface area contributed by atoms with Gasteiger partial charge in [0.2, 0.25) is 0 Å². The molecule has 3 N–H and O–H groups in total. The summed E-state index contributed by atoms with van der Waals surface area (Å²) in [5.74, 6) is -1.54. The number of rotatable bonds is 4. The topological polar surface area (TPSA) is 87.0 Å². The molecule has 1 amide bonds. The molecule has 0 bridgehead atoms. The second kappa shape index (κ2) is 7.88. The largest absolute Gasteiger partial charge is 0.456 e. The fourth-order valence-electron chi connectivity index (χ4n) is 3.13. The van der Waals surface area contributed by atoms with Gasteiger partial charge in [-0.1, -0.05) is 0 Å². The van der Waals surface area contributed by atoms with E-state index in [1.807, 2.05) is 0 Å². The Labute approximate surface area is 177 Å². The molecule has 1 aromatic heterocycles. The van der Waals surface area contributed by atoms with E-state index >= 15 is 0 Å². The standard InChI is InChI=1S/C22H15F4N3O3/c1-11-8-13(23)3-7-18(11)32-19-9-12(22(24,25)26)2-5-15(19)20(30)27-14-4-6-17-16(10-14)21(31)29-28-17/h2-10H,1H3,(H,27,30)(H2,28,29,31). The van der Waals surface area contributed by atoms with Gasteiger partial charge < -0.3 is 10.1 Å². The molecule has 0 atom stereocenters. The van der Waals surface area contributed by atoms with Gasteiger partial charge in [0.1, 0.15) is 17.3 Å². The summed E-state index contributed by atoms with van der Waals surface area (Å²) in [6.45, 7) is 1.52. The minimum Gasteiger partial charge on any atom is -0.456 e. The number of aryl methyl sites for hydroxylation is 1. The Kier molecular flexibility index (Phi) is 5.21. The van der Waals surface area contributed by atoms with Crippen LogP contribution in [0, 0.1) is 12.7 Å². The van der Waals surface area contributed by atoms with Gasteiger partial charge in [-0.15, -0.1) is 0 Å². The number of aromatic amines is 2. The minimum atomic E-state index is -4.66. The number of halogens is 4. The number of aromatic nitrogens is 2. The van der Waals surface area contributed by atoms with Crippen LogP contribution < -0.4 is 15.6 Å². The van der Waals surface area contributed by atoms with E-state index in [9.17, 15) is 27.2 Å². The molecule has 0 aliphatic carbocycles. The molecule has 0 saturated heterocycles. The van der Waals surface area contributed by atoms with Crippen molar-refractivity contribution in [3.8, 4) is 11.5 Å². The Hall–Kier alpha value is -4.08. The van der Waals surface area contributed by atoms with Crippen LogP contribution in [0.4, 0.5) is 23.2 Å². The monoisotopic (exact) mass is 445 g/mol. The highest BCUT2D eigenvalue weighted by atomic mass is 19.4. The molecular weight excluding hydrogens is 430 g/mol. The predicted octanol–water partition coefficient (Wildman–Crippen LogP) is 5.37. The number of carbonyl (C=O) groups is 1. The second-order valence-electron chi connectivity index (χ2n) is 7.01. The Morgan fingerprint density at radius 2 is 1.75 bits per heavy atom. The first-order valence-electron chi connectivity index (χ1n) is 9.29. The van der Waals surface area contributed by atoms with Crippen molar-refractivity contribution in [2.45, 2.75) is 13.1 Å². The van der Waals surface area contributed by atoms with Crippen molar-refractivity contribution < 1.29 is 27.1 Å². The lowest BCUT2D eigenvalue weighted by atomic mass is 10.1. The number of nitrogens with one attached hydrogen (secondary N) is 3. The van der Waals surface area contributed by atoms with Crippen molar-refractivity contribution in [2.24, 2.45) is 0 Å². The van der Waals surface area contributed by atoms with E-state index in [1.54, 1.807) is 6.07 Å². The van der Waals surface area contributed by atoms with Gasteiger partial charge >= 0.3 is 6.18 Å². The van der Waals surface area contributed by atoms with Crippen LogP contribution in [-0.2, 0) is 6.18 Å². The third kappa shape index (κ3) is 4.20. The van der Waals surface area contributed by atoms with Gasteiger partial charge in [-0.2, -0.15) is 13.2 Å². The molecule has 0 fully saturated rings. The number of H-pyrrole nitrogens is 2. The second-order valence-corrected chi connectivity index (χ2v) is 7.01.